The van der Waals surface area contributed by atoms with Crippen molar-refractivity contribution in [2.24, 2.45) is 11.8 Å². The van der Waals surface area contributed by atoms with E-state index in [2.05, 4.69) is 18.7 Å². The summed E-state index contributed by atoms with van der Waals surface area (Å²) in [5.74, 6) is 1.28. The Hall–Kier alpha value is -0.0800. The molecule has 0 aromatic rings. The molecule has 0 spiro atoms. The molecule has 1 saturated heterocycles. The van der Waals surface area contributed by atoms with Crippen LogP contribution in [0.4, 0.5) is 0 Å². The summed E-state index contributed by atoms with van der Waals surface area (Å²) in [5, 5.41) is 9.05. The number of hydrogen-bond donors (Lipinski definition) is 1. The molecule has 66 valence electrons. The summed E-state index contributed by atoms with van der Waals surface area (Å²) in [4.78, 5) is 2.43. The molecule has 1 fully saturated rings. The van der Waals surface area contributed by atoms with Crippen LogP contribution < -0.4 is 0 Å². The van der Waals surface area contributed by atoms with Gasteiger partial charge in [0.2, 0.25) is 0 Å². The molecule has 2 atom stereocenters. The predicted octanol–water partition coefficient (Wildman–Crippen LogP) is 0.957. The molecular weight excluding hydrogens is 138 g/mol. The lowest BCUT2D eigenvalue weighted by Gasteiger charge is -2.12. The molecule has 2 nitrogen and oxygen atoms in total. The highest BCUT2D eigenvalue weighted by Crippen LogP contribution is 2.24. The summed E-state index contributed by atoms with van der Waals surface area (Å²) >= 11 is 0. The molecule has 0 bridgehead atoms. The Morgan fingerprint density at radius 3 is 2.27 bits per heavy atom. The van der Waals surface area contributed by atoms with Crippen LogP contribution in [0.25, 0.3) is 0 Å². The third-order valence-corrected chi connectivity index (χ3v) is 2.86. The van der Waals surface area contributed by atoms with Crippen LogP contribution in [0.15, 0.2) is 0 Å². The second-order valence-electron chi connectivity index (χ2n) is 3.46. The van der Waals surface area contributed by atoms with Crippen molar-refractivity contribution in [1.29, 1.82) is 0 Å². The SMILES string of the molecule is CC[C@@H]1CN(CC)C[C@@H]1CO. The van der Waals surface area contributed by atoms with Gasteiger partial charge in [-0.15, -0.1) is 0 Å². The zero-order valence-corrected chi connectivity index (χ0v) is 7.58. The maximum absolute atomic E-state index is 9.05. The molecular formula is C9H19NO. The minimum atomic E-state index is 0.370. The molecule has 0 aromatic heterocycles. The Morgan fingerprint density at radius 1 is 1.27 bits per heavy atom. The van der Waals surface area contributed by atoms with Gasteiger partial charge in [0.15, 0.2) is 0 Å². The van der Waals surface area contributed by atoms with Crippen LogP contribution in [0.1, 0.15) is 20.3 Å². The summed E-state index contributed by atoms with van der Waals surface area (Å²) in [6.07, 6.45) is 1.21. The van der Waals surface area contributed by atoms with Gasteiger partial charge in [0.25, 0.3) is 0 Å². The molecule has 0 amide bonds. The largest absolute Gasteiger partial charge is 0.396 e. The Morgan fingerprint density at radius 2 is 1.91 bits per heavy atom. The zero-order chi connectivity index (χ0) is 8.27. The van der Waals surface area contributed by atoms with Gasteiger partial charge in [-0.05, 0) is 18.4 Å². The fourth-order valence-electron chi connectivity index (χ4n) is 1.96. The molecule has 1 heterocycles. The van der Waals surface area contributed by atoms with E-state index in [1.807, 2.05) is 0 Å². The maximum Gasteiger partial charge on any atom is 0.0474 e. The second kappa shape index (κ2) is 4.07. The topological polar surface area (TPSA) is 23.5 Å². The van der Waals surface area contributed by atoms with Crippen LogP contribution in [0.2, 0.25) is 0 Å². The summed E-state index contributed by atoms with van der Waals surface area (Å²) in [7, 11) is 0. The van der Waals surface area contributed by atoms with Crippen molar-refractivity contribution >= 4 is 0 Å². The van der Waals surface area contributed by atoms with E-state index in [0.29, 0.717) is 12.5 Å². The zero-order valence-electron chi connectivity index (χ0n) is 7.58. The lowest BCUT2D eigenvalue weighted by Crippen LogP contribution is -2.20. The van der Waals surface area contributed by atoms with Crippen LogP contribution in [-0.4, -0.2) is 36.2 Å². The molecule has 1 N–H and O–H groups in total. The number of hydrogen-bond acceptors (Lipinski definition) is 2. The van der Waals surface area contributed by atoms with Crippen molar-refractivity contribution in [3.8, 4) is 0 Å². The van der Waals surface area contributed by atoms with E-state index in [0.717, 1.165) is 19.0 Å². The fraction of sp³-hybridized carbons (Fsp3) is 1.00. The molecule has 1 rings (SSSR count). The van der Waals surface area contributed by atoms with Gasteiger partial charge in [-0.3, -0.25) is 0 Å². The van der Waals surface area contributed by atoms with Gasteiger partial charge in [-0.2, -0.15) is 0 Å². The first-order chi connectivity index (χ1) is 5.31. The number of rotatable bonds is 3. The van der Waals surface area contributed by atoms with Crippen molar-refractivity contribution in [2.45, 2.75) is 20.3 Å². The van der Waals surface area contributed by atoms with Gasteiger partial charge in [-0.1, -0.05) is 20.3 Å². The van der Waals surface area contributed by atoms with E-state index >= 15 is 0 Å². The van der Waals surface area contributed by atoms with E-state index in [9.17, 15) is 0 Å². The first-order valence-corrected chi connectivity index (χ1v) is 4.65. The lowest BCUT2D eigenvalue weighted by molar-refractivity contribution is 0.199. The van der Waals surface area contributed by atoms with Crippen molar-refractivity contribution in [3.05, 3.63) is 0 Å². The Balaban J connectivity index is 2.41. The quantitative estimate of drug-likeness (QED) is 0.659. The molecule has 0 aromatic carbocycles. The van der Waals surface area contributed by atoms with Crippen LogP contribution in [0.5, 0.6) is 0 Å². The van der Waals surface area contributed by atoms with Crippen LogP contribution in [0.3, 0.4) is 0 Å². The van der Waals surface area contributed by atoms with Crippen molar-refractivity contribution in [1.82, 2.24) is 4.90 Å². The number of likely N-dealkylation sites (tertiary alicyclic amines) is 1. The minimum absolute atomic E-state index is 0.370. The molecule has 0 aliphatic carbocycles. The van der Waals surface area contributed by atoms with Gasteiger partial charge >= 0.3 is 0 Å². The molecule has 1 aliphatic rings. The highest BCUT2D eigenvalue weighted by Gasteiger charge is 2.29. The third-order valence-electron chi connectivity index (χ3n) is 2.86. The third kappa shape index (κ3) is 1.94. The van der Waals surface area contributed by atoms with E-state index in [1.165, 1.54) is 13.0 Å². The standard InChI is InChI=1S/C9H19NO/c1-3-8-5-10(4-2)6-9(8)7-11/h8-9,11H,3-7H2,1-2H3/t8-,9-/m1/s1. The normalized spacial score (nSPS) is 33.0. The van der Waals surface area contributed by atoms with Crippen LogP contribution >= 0.6 is 0 Å². The molecule has 11 heavy (non-hydrogen) atoms. The van der Waals surface area contributed by atoms with Gasteiger partial charge in [0.1, 0.15) is 0 Å². The monoisotopic (exact) mass is 157 g/mol. The van der Waals surface area contributed by atoms with Gasteiger partial charge in [0.05, 0.1) is 0 Å². The van der Waals surface area contributed by atoms with E-state index in [4.69, 9.17) is 5.11 Å². The van der Waals surface area contributed by atoms with Crippen LogP contribution in [-0.2, 0) is 0 Å². The average Bonchev–Trinajstić information content (AvgIpc) is 2.46. The molecule has 0 saturated carbocycles. The van der Waals surface area contributed by atoms with Crippen molar-refractivity contribution < 1.29 is 5.11 Å². The average molecular weight is 157 g/mol. The molecule has 0 unspecified atom stereocenters. The molecule has 2 heteroatoms. The lowest BCUT2D eigenvalue weighted by atomic mass is 9.95. The summed E-state index contributed by atoms with van der Waals surface area (Å²) in [6.45, 7) is 8.20. The second-order valence-corrected chi connectivity index (χ2v) is 3.46. The highest BCUT2D eigenvalue weighted by molar-refractivity contribution is 4.81. The van der Waals surface area contributed by atoms with Gasteiger partial charge in [-0.25, -0.2) is 0 Å². The van der Waals surface area contributed by atoms with E-state index < -0.39 is 0 Å². The number of aliphatic hydroxyl groups is 1. The van der Waals surface area contributed by atoms with Crippen molar-refractivity contribution in [3.63, 3.8) is 0 Å². The Labute approximate surface area is 69.2 Å². The minimum Gasteiger partial charge on any atom is -0.396 e. The fourth-order valence-corrected chi connectivity index (χ4v) is 1.96. The predicted molar refractivity (Wildman–Crippen MR) is 46.5 cm³/mol. The molecule has 1 aliphatic heterocycles. The van der Waals surface area contributed by atoms with Gasteiger partial charge < -0.3 is 10.0 Å². The van der Waals surface area contributed by atoms with E-state index in [-0.39, 0.29) is 0 Å². The summed E-state index contributed by atoms with van der Waals surface area (Å²) in [6, 6.07) is 0. The van der Waals surface area contributed by atoms with Crippen molar-refractivity contribution in [2.75, 3.05) is 26.2 Å². The Bertz CT molecular complexity index is 104. The number of nitrogens with zero attached hydrogens (tertiary/aromatic N) is 1. The summed E-state index contributed by atoms with van der Waals surface area (Å²) < 4.78 is 0. The van der Waals surface area contributed by atoms with E-state index in [1.54, 1.807) is 0 Å². The first kappa shape index (κ1) is 9.01. The number of aliphatic hydroxyl groups excluding tert-OH is 1. The smallest absolute Gasteiger partial charge is 0.0474 e. The van der Waals surface area contributed by atoms with Gasteiger partial charge in [0, 0.05) is 19.7 Å². The molecule has 0 radical (unpaired) electrons. The maximum atomic E-state index is 9.05. The highest BCUT2D eigenvalue weighted by atomic mass is 16.3. The Kier molecular flexibility index (Phi) is 3.34. The first-order valence-electron chi connectivity index (χ1n) is 4.65. The summed E-state index contributed by atoms with van der Waals surface area (Å²) in [5.41, 5.74) is 0. The van der Waals surface area contributed by atoms with Crippen LogP contribution in [0, 0.1) is 11.8 Å².